The van der Waals surface area contributed by atoms with Crippen LogP contribution in [0.2, 0.25) is 0 Å². The molecule has 0 aromatic carbocycles. The van der Waals surface area contributed by atoms with Crippen molar-refractivity contribution in [3.05, 3.63) is 0 Å². The standard InChI is InChI=1S/C17H22FN3O6/c1-17(2,3)27-13(22)5-9-4-12(21(14(9)23)16(25)26)15(24)20-8-10(18)6-11(20)7-19/h9-12H,4-6,8H2,1-3H3,(H,25,26)/t9-,10-,11-,12-/m0/s1. The number of likely N-dealkylation sites (tertiary alicyclic amines) is 2. The van der Waals surface area contributed by atoms with E-state index in [1.165, 1.54) is 0 Å². The van der Waals surface area contributed by atoms with Gasteiger partial charge in [0.2, 0.25) is 11.8 Å². The summed E-state index contributed by atoms with van der Waals surface area (Å²) in [6.07, 6.45) is -3.75. The maximum Gasteiger partial charge on any atom is 0.414 e. The van der Waals surface area contributed by atoms with Gasteiger partial charge in [0.15, 0.2) is 0 Å². The first kappa shape index (κ1) is 20.6. The molecule has 4 atom stereocenters. The van der Waals surface area contributed by atoms with Crippen LogP contribution in [-0.4, -0.2) is 69.2 Å². The van der Waals surface area contributed by atoms with Crippen LogP contribution in [-0.2, 0) is 19.1 Å². The summed E-state index contributed by atoms with van der Waals surface area (Å²) in [5.74, 6) is -3.39. The second-order valence-corrected chi connectivity index (χ2v) is 7.70. The van der Waals surface area contributed by atoms with Gasteiger partial charge in [0.05, 0.1) is 25.0 Å². The quantitative estimate of drug-likeness (QED) is 0.722. The molecule has 2 rings (SSSR count). The number of nitrogens with zero attached hydrogens (tertiary/aromatic N) is 3. The second-order valence-electron chi connectivity index (χ2n) is 7.70. The minimum Gasteiger partial charge on any atom is -0.465 e. The summed E-state index contributed by atoms with van der Waals surface area (Å²) >= 11 is 0. The van der Waals surface area contributed by atoms with Crippen LogP contribution in [0.25, 0.3) is 0 Å². The molecule has 0 unspecified atom stereocenters. The number of esters is 1. The van der Waals surface area contributed by atoms with Crippen molar-refractivity contribution in [1.82, 2.24) is 9.80 Å². The summed E-state index contributed by atoms with van der Waals surface area (Å²) in [6.45, 7) is 4.63. The molecule has 0 radical (unpaired) electrons. The number of hydrogen-bond donors (Lipinski definition) is 1. The lowest BCUT2D eigenvalue weighted by atomic mass is 10.0. The van der Waals surface area contributed by atoms with Gasteiger partial charge in [0, 0.05) is 6.42 Å². The van der Waals surface area contributed by atoms with E-state index in [0.29, 0.717) is 4.90 Å². The van der Waals surface area contributed by atoms with E-state index in [-0.39, 0.29) is 25.8 Å². The first-order valence-electron chi connectivity index (χ1n) is 8.56. The van der Waals surface area contributed by atoms with Gasteiger partial charge in [-0.05, 0) is 27.2 Å². The molecule has 2 aliphatic heterocycles. The number of rotatable bonds is 3. The van der Waals surface area contributed by atoms with Gasteiger partial charge in [-0.25, -0.2) is 14.1 Å². The van der Waals surface area contributed by atoms with E-state index in [1.807, 2.05) is 6.07 Å². The number of nitriles is 1. The zero-order valence-corrected chi connectivity index (χ0v) is 15.3. The number of amides is 3. The minimum atomic E-state index is -1.63. The molecule has 0 spiro atoms. The smallest absolute Gasteiger partial charge is 0.414 e. The molecule has 9 nitrogen and oxygen atoms in total. The maximum atomic E-state index is 13.6. The lowest BCUT2D eigenvalue weighted by Crippen LogP contribution is -2.50. The average molecular weight is 383 g/mol. The highest BCUT2D eigenvalue weighted by atomic mass is 19.1. The summed E-state index contributed by atoms with van der Waals surface area (Å²) in [6, 6.07) is -0.583. The second kappa shape index (κ2) is 7.50. The third-order valence-electron chi connectivity index (χ3n) is 4.41. The van der Waals surface area contributed by atoms with Gasteiger partial charge in [0.1, 0.15) is 23.9 Å². The Labute approximate surface area is 155 Å². The lowest BCUT2D eigenvalue weighted by Gasteiger charge is -2.26. The number of hydrogen-bond acceptors (Lipinski definition) is 6. The summed E-state index contributed by atoms with van der Waals surface area (Å²) in [5.41, 5.74) is -0.772. The first-order chi connectivity index (χ1) is 12.4. The fourth-order valence-electron chi connectivity index (χ4n) is 3.36. The molecule has 10 heteroatoms. The molecule has 0 saturated carbocycles. The van der Waals surface area contributed by atoms with Crippen LogP contribution in [0, 0.1) is 17.2 Å². The minimum absolute atomic E-state index is 0.155. The predicted molar refractivity (Wildman–Crippen MR) is 87.9 cm³/mol. The summed E-state index contributed by atoms with van der Waals surface area (Å²) in [7, 11) is 0. The molecule has 3 amide bonds. The molecule has 0 bridgehead atoms. The topological polar surface area (TPSA) is 128 Å². The Morgan fingerprint density at radius 3 is 2.48 bits per heavy atom. The number of carboxylic acid groups (broad SMARTS) is 1. The summed E-state index contributed by atoms with van der Waals surface area (Å²) in [4.78, 5) is 50.0. The molecule has 2 heterocycles. The number of imide groups is 1. The molecule has 2 saturated heterocycles. The molecule has 2 aliphatic rings. The maximum absolute atomic E-state index is 13.6. The van der Waals surface area contributed by atoms with Gasteiger partial charge in [-0.1, -0.05) is 0 Å². The average Bonchev–Trinajstić information content (AvgIpc) is 3.05. The summed E-state index contributed by atoms with van der Waals surface area (Å²) < 4.78 is 18.7. The number of ether oxygens (including phenoxy) is 1. The van der Waals surface area contributed by atoms with Crippen molar-refractivity contribution in [2.45, 2.75) is 63.9 Å². The fraction of sp³-hybridized carbons (Fsp3) is 0.706. The van der Waals surface area contributed by atoms with Crippen LogP contribution in [0.3, 0.4) is 0 Å². The Morgan fingerprint density at radius 2 is 1.96 bits per heavy atom. The highest BCUT2D eigenvalue weighted by Crippen LogP contribution is 2.32. The Balaban J connectivity index is 2.17. The Kier molecular flexibility index (Phi) is 5.73. The molecule has 0 aliphatic carbocycles. The van der Waals surface area contributed by atoms with E-state index >= 15 is 0 Å². The highest BCUT2D eigenvalue weighted by molar-refractivity contribution is 6.02. The number of halogens is 1. The normalized spacial score (nSPS) is 28.2. The van der Waals surface area contributed by atoms with E-state index in [4.69, 9.17) is 10.00 Å². The van der Waals surface area contributed by atoms with Crippen molar-refractivity contribution in [2.24, 2.45) is 5.92 Å². The van der Waals surface area contributed by atoms with Crippen molar-refractivity contribution >= 4 is 23.9 Å². The molecular weight excluding hydrogens is 361 g/mol. The van der Waals surface area contributed by atoms with Crippen LogP contribution in [0.1, 0.15) is 40.0 Å². The predicted octanol–water partition coefficient (Wildman–Crippen LogP) is 1.08. The Bertz CT molecular complexity index is 698. The van der Waals surface area contributed by atoms with Crippen molar-refractivity contribution < 1.29 is 33.4 Å². The number of alkyl halides is 1. The van der Waals surface area contributed by atoms with Gasteiger partial charge in [-0.2, -0.15) is 5.26 Å². The van der Waals surface area contributed by atoms with Crippen molar-refractivity contribution in [1.29, 1.82) is 5.26 Å². The van der Waals surface area contributed by atoms with E-state index in [1.54, 1.807) is 20.8 Å². The zero-order chi connectivity index (χ0) is 20.5. The SMILES string of the molecule is CC(C)(C)OC(=O)C[C@@H]1C[C@@H](C(=O)N2C[C@@H](F)C[C@H]2C#N)N(C(=O)O)C1=O. The van der Waals surface area contributed by atoms with Crippen LogP contribution in [0.4, 0.5) is 9.18 Å². The third kappa shape index (κ3) is 4.53. The van der Waals surface area contributed by atoms with Crippen LogP contribution in [0.15, 0.2) is 0 Å². The van der Waals surface area contributed by atoms with Gasteiger partial charge in [0.25, 0.3) is 0 Å². The first-order valence-corrected chi connectivity index (χ1v) is 8.56. The van der Waals surface area contributed by atoms with Gasteiger partial charge >= 0.3 is 12.1 Å². The molecule has 0 aromatic rings. The van der Waals surface area contributed by atoms with E-state index in [2.05, 4.69) is 0 Å². The largest absolute Gasteiger partial charge is 0.465 e. The highest BCUT2D eigenvalue weighted by Gasteiger charge is 2.50. The molecule has 148 valence electrons. The molecular formula is C17H22FN3O6. The van der Waals surface area contributed by atoms with Crippen molar-refractivity contribution in [3.8, 4) is 6.07 Å². The van der Waals surface area contributed by atoms with Crippen molar-refractivity contribution in [3.63, 3.8) is 0 Å². The van der Waals surface area contributed by atoms with E-state index in [9.17, 15) is 28.7 Å². The van der Waals surface area contributed by atoms with Crippen LogP contribution in [0.5, 0.6) is 0 Å². The van der Waals surface area contributed by atoms with Gasteiger partial charge in [-0.15, -0.1) is 0 Å². The van der Waals surface area contributed by atoms with Crippen LogP contribution < -0.4 is 0 Å². The lowest BCUT2D eigenvalue weighted by molar-refractivity contribution is -0.157. The van der Waals surface area contributed by atoms with E-state index < -0.39 is 53.7 Å². The molecule has 2 fully saturated rings. The molecule has 27 heavy (non-hydrogen) atoms. The van der Waals surface area contributed by atoms with Gasteiger partial charge in [-0.3, -0.25) is 14.4 Å². The number of carbonyl (C=O) groups is 4. The zero-order valence-electron chi connectivity index (χ0n) is 15.3. The Morgan fingerprint density at radius 1 is 1.33 bits per heavy atom. The van der Waals surface area contributed by atoms with E-state index in [0.717, 1.165) is 4.90 Å². The monoisotopic (exact) mass is 383 g/mol. The molecule has 1 N–H and O–H groups in total. The summed E-state index contributed by atoms with van der Waals surface area (Å²) in [5, 5.41) is 18.4. The Hall–Kier alpha value is -2.70. The van der Waals surface area contributed by atoms with Crippen LogP contribution >= 0.6 is 0 Å². The third-order valence-corrected chi connectivity index (χ3v) is 4.41. The van der Waals surface area contributed by atoms with Crippen molar-refractivity contribution in [2.75, 3.05) is 6.54 Å². The van der Waals surface area contributed by atoms with Gasteiger partial charge < -0.3 is 14.7 Å². The molecule has 0 aromatic heterocycles. The fourth-order valence-corrected chi connectivity index (χ4v) is 3.36. The number of carbonyl (C=O) groups excluding carboxylic acids is 3.